The van der Waals surface area contributed by atoms with E-state index in [0.29, 0.717) is 15.6 Å². The molecule has 0 radical (unpaired) electrons. The largest absolute Gasteiger partial charge is 0.494 e. The first-order valence-corrected chi connectivity index (χ1v) is 8.53. The van der Waals surface area contributed by atoms with Gasteiger partial charge < -0.3 is 9.47 Å². The number of benzene rings is 2. The molecule has 3 aromatic rings. The van der Waals surface area contributed by atoms with Crippen LogP contribution in [-0.4, -0.2) is 18.1 Å². The molecule has 25 heavy (non-hydrogen) atoms. The topological polar surface area (TPSA) is 48.4 Å². The normalized spacial score (nSPS) is 10.5. The van der Waals surface area contributed by atoms with Crippen molar-refractivity contribution in [3.05, 3.63) is 69.9 Å². The Kier molecular flexibility index (Phi) is 5.31. The summed E-state index contributed by atoms with van der Waals surface area (Å²) in [5, 5.41) is 2.95. The number of rotatable bonds is 5. The summed E-state index contributed by atoms with van der Waals surface area (Å²) in [6.07, 6.45) is 0. The van der Waals surface area contributed by atoms with Gasteiger partial charge in [0.25, 0.3) is 0 Å². The number of esters is 1. The molecule has 4 nitrogen and oxygen atoms in total. The molecule has 3 rings (SSSR count). The number of halogens is 2. The van der Waals surface area contributed by atoms with Gasteiger partial charge in [-0.05, 0) is 29.8 Å². The molecular formula is C18H13ClFNO3S. The van der Waals surface area contributed by atoms with Crippen LogP contribution in [0.2, 0.25) is 5.02 Å². The molecule has 2 aromatic carbocycles. The van der Waals surface area contributed by atoms with Crippen LogP contribution < -0.4 is 4.74 Å². The van der Waals surface area contributed by atoms with Gasteiger partial charge in [0.15, 0.2) is 17.3 Å². The molecule has 0 unspecified atom stereocenters. The van der Waals surface area contributed by atoms with Crippen LogP contribution in [0, 0.1) is 5.82 Å². The minimum absolute atomic E-state index is 0.0481. The number of ether oxygens (including phenoxy) is 2. The fraction of sp³-hybridized carbons (Fsp3) is 0.111. The van der Waals surface area contributed by atoms with Crippen molar-refractivity contribution in [3.8, 4) is 16.3 Å². The lowest BCUT2D eigenvalue weighted by molar-refractivity contribution is 0.0466. The average Bonchev–Trinajstić information content (AvgIpc) is 3.10. The molecule has 1 aromatic heterocycles. The highest BCUT2D eigenvalue weighted by Gasteiger charge is 2.14. The Hall–Kier alpha value is -2.44. The Morgan fingerprint density at radius 3 is 2.68 bits per heavy atom. The third-order valence-electron chi connectivity index (χ3n) is 3.39. The molecule has 0 saturated heterocycles. The van der Waals surface area contributed by atoms with E-state index in [9.17, 15) is 9.18 Å². The molecule has 128 valence electrons. The first-order chi connectivity index (χ1) is 12.1. The highest BCUT2D eigenvalue weighted by atomic mass is 35.5. The monoisotopic (exact) mass is 377 g/mol. The molecule has 0 bridgehead atoms. The fourth-order valence-corrected chi connectivity index (χ4v) is 3.04. The predicted octanol–water partition coefficient (Wildman–Crippen LogP) is 4.97. The van der Waals surface area contributed by atoms with Gasteiger partial charge in [-0.15, -0.1) is 11.3 Å². The highest BCUT2D eigenvalue weighted by Crippen LogP contribution is 2.25. The van der Waals surface area contributed by atoms with Gasteiger partial charge in [0.2, 0.25) is 0 Å². The van der Waals surface area contributed by atoms with Gasteiger partial charge in [-0.25, -0.2) is 14.2 Å². The fourth-order valence-electron chi connectivity index (χ4n) is 2.12. The number of hydrogen-bond donors (Lipinski definition) is 0. The van der Waals surface area contributed by atoms with E-state index >= 15 is 0 Å². The van der Waals surface area contributed by atoms with Crippen LogP contribution in [0.1, 0.15) is 16.1 Å². The van der Waals surface area contributed by atoms with E-state index in [0.717, 1.165) is 5.56 Å². The Morgan fingerprint density at radius 1 is 1.24 bits per heavy atom. The number of nitrogens with zero attached hydrogens (tertiary/aromatic N) is 1. The second-order valence-electron chi connectivity index (χ2n) is 5.09. The SMILES string of the molecule is COc1ccc(COC(=O)c2csc(-c3ccc(Cl)cc3)n2)cc1F. The number of carbonyl (C=O) groups is 1. The summed E-state index contributed by atoms with van der Waals surface area (Å²) in [5.41, 5.74) is 1.61. The number of methoxy groups -OCH3 is 1. The zero-order valence-corrected chi connectivity index (χ0v) is 14.7. The van der Waals surface area contributed by atoms with Crippen LogP contribution in [0.25, 0.3) is 10.6 Å². The molecule has 0 saturated carbocycles. The third-order valence-corrected chi connectivity index (χ3v) is 4.53. The minimum atomic E-state index is -0.562. The summed E-state index contributed by atoms with van der Waals surface area (Å²) in [6.45, 7) is -0.0481. The molecule has 0 spiro atoms. The first kappa shape index (κ1) is 17.4. The predicted molar refractivity (Wildman–Crippen MR) is 94.6 cm³/mol. The van der Waals surface area contributed by atoms with Crippen LogP contribution in [0.3, 0.4) is 0 Å². The lowest BCUT2D eigenvalue weighted by Crippen LogP contribution is -2.06. The maximum Gasteiger partial charge on any atom is 0.358 e. The summed E-state index contributed by atoms with van der Waals surface area (Å²) >= 11 is 7.19. The van der Waals surface area contributed by atoms with Crippen LogP contribution in [0.15, 0.2) is 47.8 Å². The average molecular weight is 378 g/mol. The van der Waals surface area contributed by atoms with Crippen molar-refractivity contribution in [2.45, 2.75) is 6.61 Å². The minimum Gasteiger partial charge on any atom is -0.494 e. The van der Waals surface area contributed by atoms with Crippen molar-refractivity contribution >= 4 is 28.9 Å². The molecule has 0 fully saturated rings. The van der Waals surface area contributed by atoms with E-state index in [1.165, 1.54) is 30.6 Å². The van der Waals surface area contributed by atoms with Gasteiger partial charge in [-0.3, -0.25) is 0 Å². The molecule has 0 N–H and O–H groups in total. The highest BCUT2D eigenvalue weighted by molar-refractivity contribution is 7.13. The van der Waals surface area contributed by atoms with Gasteiger partial charge in [0.1, 0.15) is 11.6 Å². The maximum absolute atomic E-state index is 13.6. The summed E-state index contributed by atoms with van der Waals surface area (Å²) in [7, 11) is 1.39. The van der Waals surface area contributed by atoms with E-state index in [1.54, 1.807) is 23.6 Å². The first-order valence-electron chi connectivity index (χ1n) is 7.28. The standard InChI is InChI=1S/C18H13ClFNO3S/c1-23-16-7-2-11(8-14(16)20)9-24-18(22)15-10-25-17(21-15)12-3-5-13(19)6-4-12/h2-8,10H,9H2,1H3. The van der Waals surface area contributed by atoms with Crippen molar-refractivity contribution < 1.29 is 18.7 Å². The van der Waals surface area contributed by atoms with Crippen LogP contribution in [-0.2, 0) is 11.3 Å². The van der Waals surface area contributed by atoms with E-state index in [2.05, 4.69) is 4.98 Å². The van der Waals surface area contributed by atoms with E-state index in [1.807, 2.05) is 12.1 Å². The Labute approximate surface area is 152 Å². The van der Waals surface area contributed by atoms with Gasteiger partial charge in [-0.1, -0.05) is 29.8 Å². The van der Waals surface area contributed by atoms with E-state index < -0.39 is 11.8 Å². The quantitative estimate of drug-likeness (QED) is 0.589. The molecular weight excluding hydrogens is 365 g/mol. The van der Waals surface area contributed by atoms with Gasteiger partial charge >= 0.3 is 5.97 Å². The molecule has 1 heterocycles. The molecule has 0 aliphatic carbocycles. The van der Waals surface area contributed by atoms with E-state index in [-0.39, 0.29) is 18.1 Å². The number of carbonyl (C=O) groups excluding carboxylic acids is 1. The Bertz CT molecular complexity index is 896. The second-order valence-corrected chi connectivity index (χ2v) is 6.38. The molecule has 0 atom stereocenters. The zero-order valence-electron chi connectivity index (χ0n) is 13.2. The van der Waals surface area contributed by atoms with Crippen molar-refractivity contribution in [1.82, 2.24) is 4.98 Å². The molecule has 7 heteroatoms. The molecule has 0 aliphatic heterocycles. The Morgan fingerprint density at radius 2 is 2.00 bits per heavy atom. The maximum atomic E-state index is 13.6. The number of hydrogen-bond acceptors (Lipinski definition) is 5. The second kappa shape index (κ2) is 7.63. The number of aromatic nitrogens is 1. The summed E-state index contributed by atoms with van der Waals surface area (Å²) in [6, 6.07) is 11.6. The molecule has 0 amide bonds. The van der Waals surface area contributed by atoms with Gasteiger partial charge in [0.05, 0.1) is 7.11 Å². The summed E-state index contributed by atoms with van der Waals surface area (Å²) < 4.78 is 23.7. The van der Waals surface area contributed by atoms with E-state index in [4.69, 9.17) is 21.1 Å². The van der Waals surface area contributed by atoms with Gasteiger partial charge in [0, 0.05) is 16.0 Å². The van der Waals surface area contributed by atoms with Crippen LogP contribution >= 0.6 is 22.9 Å². The Balaban J connectivity index is 1.66. The van der Waals surface area contributed by atoms with Crippen LogP contribution in [0.4, 0.5) is 4.39 Å². The van der Waals surface area contributed by atoms with Crippen molar-refractivity contribution in [1.29, 1.82) is 0 Å². The lowest BCUT2D eigenvalue weighted by atomic mass is 10.2. The number of thiazole rings is 1. The van der Waals surface area contributed by atoms with Crippen molar-refractivity contribution in [2.75, 3.05) is 7.11 Å². The van der Waals surface area contributed by atoms with Crippen LogP contribution in [0.5, 0.6) is 5.75 Å². The smallest absolute Gasteiger partial charge is 0.358 e. The van der Waals surface area contributed by atoms with Crippen molar-refractivity contribution in [2.24, 2.45) is 0 Å². The lowest BCUT2D eigenvalue weighted by Gasteiger charge is -2.06. The third kappa shape index (κ3) is 4.15. The summed E-state index contributed by atoms with van der Waals surface area (Å²) in [4.78, 5) is 16.4. The molecule has 0 aliphatic rings. The summed E-state index contributed by atoms with van der Waals surface area (Å²) in [5.74, 6) is -0.926. The zero-order chi connectivity index (χ0) is 17.8. The van der Waals surface area contributed by atoms with Crippen molar-refractivity contribution in [3.63, 3.8) is 0 Å². The van der Waals surface area contributed by atoms with Gasteiger partial charge in [-0.2, -0.15) is 0 Å².